The lowest BCUT2D eigenvalue weighted by Crippen LogP contribution is -2.43. The molecular weight excluding hydrogens is 356 g/mol. The van der Waals surface area contributed by atoms with Gasteiger partial charge in [0.15, 0.2) is 0 Å². The van der Waals surface area contributed by atoms with Crippen molar-refractivity contribution in [1.29, 1.82) is 0 Å². The van der Waals surface area contributed by atoms with Crippen LogP contribution in [0.4, 0.5) is 5.69 Å². The maximum Gasteiger partial charge on any atom is 0.325 e. The van der Waals surface area contributed by atoms with Crippen molar-refractivity contribution >= 4 is 29.0 Å². The van der Waals surface area contributed by atoms with Gasteiger partial charge in [-0.1, -0.05) is 54.6 Å². The second-order valence-corrected chi connectivity index (χ2v) is 6.22. The Bertz CT molecular complexity index is 847. The Labute approximate surface area is 164 Å². The molecule has 146 valence electrons. The molecule has 2 rings (SSSR count). The van der Waals surface area contributed by atoms with Crippen molar-refractivity contribution in [3.8, 4) is 0 Å². The SMILES string of the molecule is COC(=O)CNC(=O)C(/C=C(\C)c1ccccc1)C(=O)N(C)c1ccccc1. The third kappa shape index (κ3) is 5.54. The summed E-state index contributed by atoms with van der Waals surface area (Å²) in [6.07, 6.45) is 1.61. The molecule has 0 aliphatic rings. The van der Waals surface area contributed by atoms with E-state index in [-0.39, 0.29) is 6.54 Å². The molecule has 0 aliphatic heterocycles. The number of anilines is 1. The molecule has 1 N–H and O–H groups in total. The van der Waals surface area contributed by atoms with Crippen LogP contribution < -0.4 is 10.2 Å². The molecule has 0 aromatic heterocycles. The number of methoxy groups -OCH3 is 1. The topological polar surface area (TPSA) is 75.7 Å². The summed E-state index contributed by atoms with van der Waals surface area (Å²) in [7, 11) is 2.85. The number of nitrogens with zero attached hydrogens (tertiary/aromatic N) is 1. The van der Waals surface area contributed by atoms with Gasteiger partial charge in [0.25, 0.3) is 0 Å². The van der Waals surface area contributed by atoms with E-state index >= 15 is 0 Å². The molecule has 0 saturated heterocycles. The van der Waals surface area contributed by atoms with Gasteiger partial charge in [-0.3, -0.25) is 14.4 Å². The lowest BCUT2D eigenvalue weighted by molar-refractivity contribution is -0.142. The molecule has 2 aromatic rings. The van der Waals surface area contributed by atoms with Crippen LogP contribution in [0.15, 0.2) is 66.7 Å². The van der Waals surface area contributed by atoms with Crippen LogP contribution in [0.25, 0.3) is 5.57 Å². The number of hydrogen-bond donors (Lipinski definition) is 1. The van der Waals surface area contributed by atoms with Crippen molar-refractivity contribution in [2.75, 3.05) is 25.6 Å². The number of ether oxygens (including phenoxy) is 1. The number of carbonyl (C=O) groups is 3. The Balaban J connectivity index is 2.31. The van der Waals surface area contributed by atoms with E-state index in [0.29, 0.717) is 5.69 Å². The van der Waals surface area contributed by atoms with E-state index < -0.39 is 23.7 Å². The first-order valence-corrected chi connectivity index (χ1v) is 8.85. The molecule has 0 radical (unpaired) electrons. The lowest BCUT2D eigenvalue weighted by Gasteiger charge is -2.22. The van der Waals surface area contributed by atoms with Crippen molar-refractivity contribution < 1.29 is 19.1 Å². The number of nitrogens with one attached hydrogen (secondary N) is 1. The van der Waals surface area contributed by atoms with Gasteiger partial charge in [0.05, 0.1) is 7.11 Å². The normalized spacial score (nSPS) is 12.0. The third-order valence-electron chi connectivity index (χ3n) is 4.30. The predicted molar refractivity (Wildman–Crippen MR) is 108 cm³/mol. The Morgan fingerprint density at radius 2 is 1.61 bits per heavy atom. The van der Waals surface area contributed by atoms with Crippen LogP contribution in [0.1, 0.15) is 12.5 Å². The highest BCUT2D eigenvalue weighted by Gasteiger charge is 2.28. The second-order valence-electron chi connectivity index (χ2n) is 6.22. The van der Waals surface area contributed by atoms with Gasteiger partial charge in [-0.25, -0.2) is 0 Å². The molecule has 28 heavy (non-hydrogen) atoms. The molecule has 1 unspecified atom stereocenters. The number of para-hydroxylation sites is 1. The van der Waals surface area contributed by atoms with Gasteiger partial charge in [0.2, 0.25) is 11.8 Å². The summed E-state index contributed by atoms with van der Waals surface area (Å²) < 4.78 is 4.54. The highest BCUT2D eigenvalue weighted by Crippen LogP contribution is 2.20. The zero-order valence-electron chi connectivity index (χ0n) is 16.2. The van der Waals surface area contributed by atoms with E-state index in [1.165, 1.54) is 12.0 Å². The van der Waals surface area contributed by atoms with Gasteiger partial charge in [-0.2, -0.15) is 0 Å². The van der Waals surface area contributed by atoms with Crippen LogP contribution in [-0.2, 0) is 19.1 Å². The third-order valence-corrected chi connectivity index (χ3v) is 4.30. The fraction of sp³-hybridized carbons (Fsp3) is 0.227. The van der Waals surface area contributed by atoms with E-state index in [9.17, 15) is 14.4 Å². The summed E-state index contributed by atoms with van der Waals surface area (Å²) in [5, 5.41) is 2.47. The molecule has 0 bridgehead atoms. The number of allylic oxidation sites excluding steroid dienone is 1. The van der Waals surface area contributed by atoms with Crippen LogP contribution in [-0.4, -0.2) is 38.5 Å². The van der Waals surface area contributed by atoms with Crippen molar-refractivity contribution in [1.82, 2.24) is 5.32 Å². The zero-order valence-corrected chi connectivity index (χ0v) is 16.2. The summed E-state index contributed by atoms with van der Waals surface area (Å²) in [5.74, 6) is -2.63. The van der Waals surface area contributed by atoms with E-state index in [0.717, 1.165) is 11.1 Å². The molecule has 0 aliphatic carbocycles. The molecule has 1 atom stereocenters. The van der Waals surface area contributed by atoms with Crippen LogP contribution in [0.3, 0.4) is 0 Å². The first-order valence-electron chi connectivity index (χ1n) is 8.85. The number of rotatable bonds is 7. The zero-order chi connectivity index (χ0) is 20.5. The van der Waals surface area contributed by atoms with Gasteiger partial charge in [0.1, 0.15) is 12.5 Å². The van der Waals surface area contributed by atoms with Gasteiger partial charge < -0.3 is 15.0 Å². The average molecular weight is 380 g/mol. The van der Waals surface area contributed by atoms with Crippen molar-refractivity contribution in [3.63, 3.8) is 0 Å². The van der Waals surface area contributed by atoms with E-state index in [1.54, 1.807) is 25.3 Å². The van der Waals surface area contributed by atoms with Crippen molar-refractivity contribution in [3.05, 3.63) is 72.3 Å². The molecule has 0 saturated carbocycles. The monoisotopic (exact) mass is 380 g/mol. The second kappa shape index (κ2) is 10.1. The van der Waals surface area contributed by atoms with E-state index in [1.807, 2.05) is 55.5 Å². The summed E-state index contributed by atoms with van der Waals surface area (Å²) in [6, 6.07) is 18.5. The minimum Gasteiger partial charge on any atom is -0.468 e. The number of benzene rings is 2. The van der Waals surface area contributed by atoms with Gasteiger partial charge in [0, 0.05) is 12.7 Å². The summed E-state index contributed by atoms with van der Waals surface area (Å²) in [5.41, 5.74) is 2.36. The van der Waals surface area contributed by atoms with E-state index in [4.69, 9.17) is 0 Å². The smallest absolute Gasteiger partial charge is 0.325 e. The highest BCUT2D eigenvalue weighted by molar-refractivity contribution is 6.10. The maximum atomic E-state index is 13.1. The van der Waals surface area contributed by atoms with Crippen LogP contribution in [0.2, 0.25) is 0 Å². The Morgan fingerprint density at radius 1 is 1.04 bits per heavy atom. The Kier molecular flexibility index (Phi) is 7.51. The minimum absolute atomic E-state index is 0.299. The highest BCUT2D eigenvalue weighted by atomic mass is 16.5. The predicted octanol–water partition coefficient (Wildman–Crippen LogP) is 2.66. The number of carbonyl (C=O) groups excluding carboxylic acids is 3. The summed E-state index contributed by atoms with van der Waals surface area (Å²) >= 11 is 0. The maximum absolute atomic E-state index is 13.1. The van der Waals surface area contributed by atoms with Crippen molar-refractivity contribution in [2.24, 2.45) is 5.92 Å². The fourth-order valence-electron chi connectivity index (χ4n) is 2.64. The van der Waals surface area contributed by atoms with Crippen molar-refractivity contribution in [2.45, 2.75) is 6.92 Å². The Morgan fingerprint density at radius 3 is 2.18 bits per heavy atom. The molecule has 2 amide bonds. The molecule has 6 heteroatoms. The number of amides is 2. The lowest BCUT2D eigenvalue weighted by atomic mass is 9.99. The molecule has 2 aromatic carbocycles. The van der Waals surface area contributed by atoms with Gasteiger partial charge in [-0.15, -0.1) is 0 Å². The van der Waals surface area contributed by atoms with E-state index in [2.05, 4.69) is 10.1 Å². The summed E-state index contributed by atoms with van der Waals surface area (Å²) in [4.78, 5) is 38.6. The molecule has 0 heterocycles. The fourth-order valence-corrected chi connectivity index (χ4v) is 2.64. The number of esters is 1. The summed E-state index contributed by atoms with van der Waals surface area (Å²) in [6.45, 7) is 1.54. The number of hydrogen-bond acceptors (Lipinski definition) is 4. The largest absolute Gasteiger partial charge is 0.468 e. The van der Waals surface area contributed by atoms with Crippen LogP contribution in [0.5, 0.6) is 0 Å². The first kappa shape index (κ1) is 20.9. The Hall–Kier alpha value is -3.41. The average Bonchev–Trinajstić information content (AvgIpc) is 2.75. The molecular formula is C22H24N2O4. The van der Waals surface area contributed by atoms with Crippen LogP contribution >= 0.6 is 0 Å². The quantitative estimate of drug-likeness (QED) is 0.592. The standard InChI is InChI=1S/C22H24N2O4/c1-16(17-10-6-4-7-11-17)14-19(21(26)23-15-20(25)28-3)22(27)24(2)18-12-8-5-9-13-18/h4-14,19H,15H2,1-3H3,(H,23,26)/b16-14+. The molecule has 0 fully saturated rings. The molecule has 0 spiro atoms. The van der Waals surface area contributed by atoms with Gasteiger partial charge in [-0.05, 0) is 30.2 Å². The van der Waals surface area contributed by atoms with Gasteiger partial charge >= 0.3 is 5.97 Å². The molecule has 6 nitrogen and oxygen atoms in total. The van der Waals surface area contributed by atoms with Crippen LogP contribution in [0, 0.1) is 5.92 Å². The minimum atomic E-state index is -1.09. The first-order chi connectivity index (χ1) is 13.4.